The molecule has 2 aromatic rings. The fourth-order valence-corrected chi connectivity index (χ4v) is 2.07. The molecule has 0 bridgehead atoms. The molecule has 1 aromatic carbocycles. The molecule has 0 spiro atoms. The molecule has 0 aliphatic rings. The van der Waals surface area contributed by atoms with Crippen molar-refractivity contribution in [1.82, 2.24) is 9.13 Å². The van der Waals surface area contributed by atoms with E-state index in [4.69, 9.17) is 9.47 Å². The molecule has 0 atom stereocenters. The molecular formula is C17H20N2O5. The lowest BCUT2D eigenvalue weighted by Gasteiger charge is -2.19. The molecule has 7 heteroatoms. The van der Waals surface area contributed by atoms with Gasteiger partial charge in [0.05, 0.1) is 12.3 Å². The van der Waals surface area contributed by atoms with Gasteiger partial charge < -0.3 is 9.47 Å². The summed E-state index contributed by atoms with van der Waals surface area (Å²) in [6.45, 7) is 6.83. The van der Waals surface area contributed by atoms with Gasteiger partial charge in [-0.2, -0.15) is 4.57 Å². The molecule has 0 N–H and O–H groups in total. The van der Waals surface area contributed by atoms with E-state index < -0.39 is 23.5 Å². The zero-order valence-electron chi connectivity index (χ0n) is 14.1. The first-order valence-corrected chi connectivity index (χ1v) is 7.55. The van der Waals surface area contributed by atoms with Crippen LogP contribution in [0.3, 0.4) is 0 Å². The van der Waals surface area contributed by atoms with Crippen LogP contribution < -0.4 is 5.69 Å². The van der Waals surface area contributed by atoms with Crippen LogP contribution >= 0.6 is 0 Å². The lowest BCUT2D eigenvalue weighted by atomic mass is 10.2. The van der Waals surface area contributed by atoms with E-state index in [1.165, 1.54) is 6.20 Å². The topological polar surface area (TPSA) is 79.5 Å². The minimum atomic E-state index is -0.852. The van der Waals surface area contributed by atoms with E-state index in [1.807, 2.05) is 6.07 Å². The molecule has 0 fully saturated rings. The smallest absolute Gasteiger partial charge is 0.423 e. The Hall–Kier alpha value is -2.83. The molecule has 2 rings (SSSR count). The van der Waals surface area contributed by atoms with Gasteiger partial charge in [0.25, 0.3) is 0 Å². The zero-order chi connectivity index (χ0) is 17.9. The lowest BCUT2D eigenvalue weighted by molar-refractivity contribution is 0.0533. The summed E-state index contributed by atoms with van der Waals surface area (Å²) in [4.78, 5) is 36.9. The van der Waals surface area contributed by atoms with Gasteiger partial charge in [0.15, 0.2) is 0 Å². The van der Waals surface area contributed by atoms with E-state index in [-0.39, 0.29) is 12.3 Å². The summed E-state index contributed by atoms with van der Waals surface area (Å²) in [6, 6.07) is 8.79. The van der Waals surface area contributed by atoms with Gasteiger partial charge in [0.2, 0.25) is 0 Å². The van der Waals surface area contributed by atoms with Crippen LogP contribution in [0.4, 0.5) is 9.59 Å². The number of imidazole rings is 1. The minimum absolute atomic E-state index is 0.115. The summed E-state index contributed by atoms with van der Waals surface area (Å²) < 4.78 is 11.7. The Morgan fingerprint density at radius 2 is 1.71 bits per heavy atom. The molecule has 0 radical (unpaired) electrons. The molecule has 0 saturated carbocycles. The van der Waals surface area contributed by atoms with Crippen molar-refractivity contribution in [3.05, 3.63) is 47.0 Å². The fraction of sp³-hybridized carbons (Fsp3) is 0.353. The molecule has 24 heavy (non-hydrogen) atoms. The highest BCUT2D eigenvalue weighted by molar-refractivity contribution is 5.81. The number of aromatic nitrogens is 2. The maximum atomic E-state index is 12.5. The summed E-state index contributed by atoms with van der Waals surface area (Å²) >= 11 is 0. The summed E-state index contributed by atoms with van der Waals surface area (Å²) in [5.41, 5.74) is -0.760. The van der Waals surface area contributed by atoms with Crippen molar-refractivity contribution in [2.24, 2.45) is 0 Å². The molecule has 0 aliphatic heterocycles. The number of benzene rings is 1. The highest BCUT2D eigenvalue weighted by Gasteiger charge is 2.26. The third kappa shape index (κ3) is 3.73. The molecule has 0 amide bonds. The SMILES string of the molecule is CCOC(=O)n1cc(-c2ccccc2)n(C(=O)OC(C)(C)C)c1=O. The number of carbonyl (C=O) groups is 2. The second-order valence-electron chi connectivity index (χ2n) is 6.05. The molecule has 7 nitrogen and oxygen atoms in total. The first-order valence-electron chi connectivity index (χ1n) is 7.55. The molecule has 0 unspecified atom stereocenters. The Morgan fingerprint density at radius 1 is 1.08 bits per heavy atom. The van der Waals surface area contributed by atoms with Crippen LogP contribution in [-0.2, 0) is 9.47 Å². The standard InChI is InChI=1S/C17H20N2O5/c1-5-23-15(21)18-11-13(12-9-7-6-8-10-12)19(14(18)20)16(22)24-17(2,3)4/h6-11H,5H2,1-4H3. The summed E-state index contributed by atoms with van der Waals surface area (Å²) in [7, 11) is 0. The van der Waals surface area contributed by atoms with Crippen LogP contribution in [0.2, 0.25) is 0 Å². The van der Waals surface area contributed by atoms with Crippen molar-refractivity contribution in [2.45, 2.75) is 33.3 Å². The zero-order valence-corrected chi connectivity index (χ0v) is 14.1. The van der Waals surface area contributed by atoms with Crippen molar-refractivity contribution in [3.8, 4) is 11.3 Å². The lowest BCUT2D eigenvalue weighted by Crippen LogP contribution is -2.36. The van der Waals surface area contributed by atoms with Crippen LogP contribution in [-0.4, -0.2) is 33.5 Å². The minimum Gasteiger partial charge on any atom is -0.449 e. The molecule has 1 heterocycles. The average molecular weight is 332 g/mol. The van der Waals surface area contributed by atoms with Crippen LogP contribution in [0.5, 0.6) is 0 Å². The summed E-state index contributed by atoms with van der Waals surface area (Å²) in [5.74, 6) is 0. The van der Waals surface area contributed by atoms with E-state index in [0.717, 1.165) is 9.13 Å². The molecule has 0 saturated heterocycles. The van der Waals surface area contributed by atoms with E-state index in [9.17, 15) is 14.4 Å². The van der Waals surface area contributed by atoms with Gasteiger partial charge in [-0.25, -0.2) is 19.0 Å². The predicted octanol–water partition coefficient (Wildman–Crippen LogP) is 3.10. The first-order chi connectivity index (χ1) is 11.2. The summed E-state index contributed by atoms with van der Waals surface area (Å²) in [5, 5.41) is 0. The number of rotatable bonds is 2. The van der Waals surface area contributed by atoms with Crippen molar-refractivity contribution < 1.29 is 19.1 Å². The number of nitrogens with zero attached hydrogens (tertiary/aromatic N) is 2. The van der Waals surface area contributed by atoms with Gasteiger partial charge in [-0.05, 0) is 27.7 Å². The highest BCUT2D eigenvalue weighted by atomic mass is 16.6. The Morgan fingerprint density at radius 3 is 2.25 bits per heavy atom. The van der Waals surface area contributed by atoms with E-state index in [0.29, 0.717) is 5.56 Å². The Bertz CT molecular complexity index is 797. The van der Waals surface area contributed by atoms with Crippen LogP contribution in [0, 0.1) is 0 Å². The van der Waals surface area contributed by atoms with Crippen molar-refractivity contribution >= 4 is 12.2 Å². The molecular weight excluding hydrogens is 312 g/mol. The van der Waals surface area contributed by atoms with Gasteiger partial charge >= 0.3 is 17.9 Å². The predicted molar refractivity (Wildman–Crippen MR) is 88.2 cm³/mol. The van der Waals surface area contributed by atoms with Crippen LogP contribution in [0.1, 0.15) is 27.7 Å². The summed E-state index contributed by atoms with van der Waals surface area (Å²) in [6.07, 6.45) is -0.420. The number of ether oxygens (including phenoxy) is 2. The van der Waals surface area contributed by atoms with Gasteiger partial charge in [-0.15, -0.1) is 0 Å². The second-order valence-corrected chi connectivity index (χ2v) is 6.05. The third-order valence-corrected chi connectivity index (χ3v) is 3.00. The Kier molecular flexibility index (Phi) is 4.92. The molecule has 0 aliphatic carbocycles. The van der Waals surface area contributed by atoms with Crippen molar-refractivity contribution in [1.29, 1.82) is 0 Å². The van der Waals surface area contributed by atoms with Crippen LogP contribution in [0.15, 0.2) is 41.3 Å². The van der Waals surface area contributed by atoms with Gasteiger partial charge in [0.1, 0.15) is 5.60 Å². The first kappa shape index (κ1) is 17.5. The maximum Gasteiger partial charge on any atom is 0.423 e. The Balaban J connectivity index is 2.60. The van der Waals surface area contributed by atoms with Gasteiger partial charge in [-0.3, -0.25) is 0 Å². The third-order valence-electron chi connectivity index (χ3n) is 3.00. The van der Waals surface area contributed by atoms with Gasteiger partial charge in [0, 0.05) is 11.8 Å². The average Bonchev–Trinajstić information content (AvgIpc) is 2.84. The number of hydrogen-bond acceptors (Lipinski definition) is 5. The van der Waals surface area contributed by atoms with E-state index in [2.05, 4.69) is 0 Å². The number of carbonyl (C=O) groups excluding carboxylic acids is 2. The largest absolute Gasteiger partial charge is 0.449 e. The highest BCUT2D eigenvalue weighted by Crippen LogP contribution is 2.19. The van der Waals surface area contributed by atoms with Gasteiger partial charge in [-0.1, -0.05) is 30.3 Å². The van der Waals surface area contributed by atoms with E-state index >= 15 is 0 Å². The van der Waals surface area contributed by atoms with Crippen molar-refractivity contribution in [3.63, 3.8) is 0 Å². The number of hydrogen-bond donors (Lipinski definition) is 0. The van der Waals surface area contributed by atoms with Crippen molar-refractivity contribution in [2.75, 3.05) is 6.61 Å². The maximum absolute atomic E-state index is 12.5. The fourth-order valence-electron chi connectivity index (χ4n) is 2.07. The monoisotopic (exact) mass is 332 g/mol. The quantitative estimate of drug-likeness (QED) is 0.844. The normalized spacial score (nSPS) is 11.2. The second kappa shape index (κ2) is 6.74. The molecule has 1 aromatic heterocycles. The van der Waals surface area contributed by atoms with Crippen LogP contribution in [0.25, 0.3) is 11.3 Å². The van der Waals surface area contributed by atoms with E-state index in [1.54, 1.807) is 52.0 Å². The Labute approximate surface area is 139 Å². The molecule has 128 valence electrons.